The number of hydrogen-bond donors (Lipinski definition) is 1. The highest BCUT2D eigenvalue weighted by molar-refractivity contribution is 5.84. The molecule has 1 aromatic carbocycles. The number of carboxylic acid groups (broad SMARTS) is 1. The fraction of sp³-hybridized carbons (Fsp3) is 0.462. The van der Waals surface area contributed by atoms with Gasteiger partial charge in [-0.25, -0.2) is 4.68 Å². The van der Waals surface area contributed by atoms with E-state index in [2.05, 4.69) is 10.3 Å². The maximum atomic E-state index is 11.6. The van der Waals surface area contributed by atoms with E-state index in [1.807, 2.05) is 25.2 Å². The Morgan fingerprint density at radius 2 is 2.11 bits per heavy atom. The highest BCUT2D eigenvalue weighted by Gasteiger charge is 2.43. The fourth-order valence-electron chi connectivity index (χ4n) is 2.94. The Morgan fingerprint density at radius 1 is 1.39 bits per heavy atom. The number of aromatic nitrogens is 3. The molecule has 1 aromatic heterocycles. The number of hydrogen-bond acceptors (Lipinski definition) is 3. The van der Waals surface area contributed by atoms with Crippen molar-refractivity contribution in [2.24, 2.45) is 7.05 Å². The third-order valence-corrected chi connectivity index (χ3v) is 4.03. The van der Waals surface area contributed by atoms with Crippen molar-refractivity contribution in [3.63, 3.8) is 0 Å². The van der Waals surface area contributed by atoms with Crippen molar-refractivity contribution in [1.82, 2.24) is 15.0 Å². The molecule has 0 bridgehead atoms. The third kappa shape index (κ3) is 1.43. The lowest BCUT2D eigenvalue weighted by atomic mass is 9.79. The molecule has 94 valence electrons. The van der Waals surface area contributed by atoms with Crippen molar-refractivity contribution >= 4 is 17.0 Å². The Hall–Kier alpha value is -1.91. The van der Waals surface area contributed by atoms with E-state index in [0.29, 0.717) is 12.8 Å². The largest absolute Gasteiger partial charge is 0.481 e. The van der Waals surface area contributed by atoms with Crippen LogP contribution in [0.25, 0.3) is 11.0 Å². The van der Waals surface area contributed by atoms with Gasteiger partial charge in [-0.2, -0.15) is 0 Å². The lowest BCUT2D eigenvalue weighted by Gasteiger charge is -2.24. The van der Waals surface area contributed by atoms with Gasteiger partial charge in [-0.1, -0.05) is 24.1 Å². The molecule has 1 saturated carbocycles. The summed E-state index contributed by atoms with van der Waals surface area (Å²) in [6.07, 6.45) is 3.39. The molecule has 0 saturated heterocycles. The lowest BCUT2D eigenvalue weighted by Crippen LogP contribution is -2.32. The molecule has 1 fully saturated rings. The summed E-state index contributed by atoms with van der Waals surface area (Å²) in [7, 11) is 1.83. The van der Waals surface area contributed by atoms with Crippen LogP contribution in [0.4, 0.5) is 0 Å². The van der Waals surface area contributed by atoms with Gasteiger partial charge in [0.25, 0.3) is 0 Å². The smallest absolute Gasteiger partial charge is 0.314 e. The van der Waals surface area contributed by atoms with Crippen molar-refractivity contribution in [1.29, 1.82) is 0 Å². The van der Waals surface area contributed by atoms with Crippen LogP contribution in [0.3, 0.4) is 0 Å². The Balaban J connectivity index is 2.15. The second-order valence-electron chi connectivity index (χ2n) is 5.01. The van der Waals surface area contributed by atoms with Crippen LogP contribution in [0.1, 0.15) is 31.2 Å². The van der Waals surface area contributed by atoms with Gasteiger partial charge in [0.2, 0.25) is 0 Å². The number of aliphatic carboxylic acids is 1. The monoisotopic (exact) mass is 245 g/mol. The van der Waals surface area contributed by atoms with E-state index in [4.69, 9.17) is 0 Å². The first-order valence-corrected chi connectivity index (χ1v) is 6.17. The van der Waals surface area contributed by atoms with Crippen LogP contribution in [-0.2, 0) is 17.3 Å². The summed E-state index contributed by atoms with van der Waals surface area (Å²) in [5.41, 5.74) is 1.84. The lowest BCUT2D eigenvalue weighted by molar-refractivity contribution is -0.143. The van der Waals surface area contributed by atoms with Crippen LogP contribution >= 0.6 is 0 Å². The number of nitrogens with zero attached hydrogens (tertiary/aromatic N) is 3. The second-order valence-corrected chi connectivity index (χ2v) is 5.01. The van der Waals surface area contributed by atoms with Gasteiger partial charge < -0.3 is 5.11 Å². The first-order chi connectivity index (χ1) is 8.63. The maximum Gasteiger partial charge on any atom is 0.314 e. The zero-order valence-electron chi connectivity index (χ0n) is 10.3. The van der Waals surface area contributed by atoms with Crippen LogP contribution < -0.4 is 0 Å². The van der Waals surface area contributed by atoms with Crippen molar-refractivity contribution in [2.45, 2.75) is 31.1 Å². The zero-order valence-corrected chi connectivity index (χ0v) is 10.3. The Morgan fingerprint density at radius 3 is 2.78 bits per heavy atom. The molecule has 0 amide bonds. The van der Waals surface area contributed by atoms with E-state index in [9.17, 15) is 9.90 Å². The summed E-state index contributed by atoms with van der Waals surface area (Å²) < 4.78 is 1.70. The number of aryl methyl sites for hydroxylation is 1. The van der Waals surface area contributed by atoms with E-state index in [1.54, 1.807) is 4.68 Å². The van der Waals surface area contributed by atoms with Crippen molar-refractivity contribution in [3.8, 4) is 0 Å². The van der Waals surface area contributed by atoms with E-state index in [-0.39, 0.29) is 0 Å². The predicted octanol–water partition coefficient (Wildman–Crippen LogP) is 1.86. The molecule has 0 radical (unpaired) electrons. The molecule has 1 N–H and O–H groups in total. The molecule has 2 aromatic rings. The highest BCUT2D eigenvalue weighted by atomic mass is 16.4. The number of carbonyl (C=O) groups is 1. The normalized spacial score (nSPS) is 18.3. The van der Waals surface area contributed by atoms with E-state index in [1.165, 1.54) is 0 Å². The maximum absolute atomic E-state index is 11.6. The van der Waals surface area contributed by atoms with Crippen LogP contribution in [-0.4, -0.2) is 26.1 Å². The minimum atomic E-state index is -0.719. The van der Waals surface area contributed by atoms with Gasteiger partial charge in [-0.05, 0) is 30.5 Å². The van der Waals surface area contributed by atoms with Gasteiger partial charge in [0, 0.05) is 7.05 Å². The van der Waals surface area contributed by atoms with Gasteiger partial charge in [-0.15, -0.1) is 5.10 Å². The molecular formula is C13H15N3O2. The molecule has 5 nitrogen and oxygen atoms in total. The average Bonchev–Trinajstić information content (AvgIpc) is 2.97. The molecule has 1 aliphatic carbocycles. The fourth-order valence-corrected chi connectivity index (χ4v) is 2.94. The SMILES string of the molecule is Cn1nnc2cc(C3(C(=O)O)CCCC3)ccc21. The van der Waals surface area contributed by atoms with Crippen LogP contribution in [0, 0.1) is 0 Å². The Bertz CT molecular complexity index is 612. The Labute approximate surface area is 104 Å². The van der Waals surface area contributed by atoms with Gasteiger partial charge in [-0.3, -0.25) is 4.79 Å². The van der Waals surface area contributed by atoms with Gasteiger partial charge in [0.15, 0.2) is 0 Å². The molecule has 18 heavy (non-hydrogen) atoms. The minimum Gasteiger partial charge on any atom is -0.481 e. The average molecular weight is 245 g/mol. The molecule has 1 heterocycles. The first kappa shape index (κ1) is 11.2. The first-order valence-electron chi connectivity index (χ1n) is 6.17. The number of rotatable bonds is 2. The quantitative estimate of drug-likeness (QED) is 0.877. The topological polar surface area (TPSA) is 68.0 Å². The summed E-state index contributed by atoms with van der Waals surface area (Å²) in [6.45, 7) is 0. The van der Waals surface area contributed by atoms with Gasteiger partial charge in [0.05, 0.1) is 10.9 Å². The van der Waals surface area contributed by atoms with Gasteiger partial charge >= 0.3 is 5.97 Å². The minimum absolute atomic E-state index is 0.716. The zero-order chi connectivity index (χ0) is 12.8. The van der Waals surface area contributed by atoms with E-state index >= 15 is 0 Å². The molecule has 0 spiro atoms. The number of benzene rings is 1. The molecule has 0 aliphatic heterocycles. The number of fused-ring (bicyclic) bond motifs is 1. The van der Waals surface area contributed by atoms with E-state index < -0.39 is 11.4 Å². The summed E-state index contributed by atoms with van der Waals surface area (Å²) in [6, 6.07) is 5.70. The second kappa shape index (κ2) is 3.80. The summed E-state index contributed by atoms with van der Waals surface area (Å²) in [4.78, 5) is 11.6. The van der Waals surface area contributed by atoms with E-state index in [0.717, 1.165) is 29.4 Å². The van der Waals surface area contributed by atoms with Crippen LogP contribution in [0.2, 0.25) is 0 Å². The standard InChI is InChI=1S/C13H15N3O2/c1-16-11-5-4-9(8-10(11)14-15-16)13(12(17)18)6-2-3-7-13/h4-5,8H,2-3,6-7H2,1H3,(H,17,18). The van der Waals surface area contributed by atoms with Crippen molar-refractivity contribution in [3.05, 3.63) is 23.8 Å². The van der Waals surface area contributed by atoms with Crippen LogP contribution in [0.5, 0.6) is 0 Å². The highest BCUT2D eigenvalue weighted by Crippen LogP contribution is 2.41. The van der Waals surface area contributed by atoms with Gasteiger partial charge in [0.1, 0.15) is 5.52 Å². The summed E-state index contributed by atoms with van der Waals surface area (Å²) >= 11 is 0. The van der Waals surface area contributed by atoms with Crippen molar-refractivity contribution < 1.29 is 9.90 Å². The summed E-state index contributed by atoms with van der Waals surface area (Å²) in [5.74, 6) is -0.719. The molecule has 0 atom stereocenters. The summed E-state index contributed by atoms with van der Waals surface area (Å²) in [5, 5.41) is 17.6. The molecular weight excluding hydrogens is 230 g/mol. The molecule has 5 heteroatoms. The third-order valence-electron chi connectivity index (χ3n) is 4.03. The molecule has 3 rings (SSSR count). The van der Waals surface area contributed by atoms with Crippen LogP contribution in [0.15, 0.2) is 18.2 Å². The number of carboxylic acids is 1. The molecule has 1 aliphatic rings. The Kier molecular flexibility index (Phi) is 2.36. The molecule has 0 unspecified atom stereocenters. The predicted molar refractivity (Wildman–Crippen MR) is 66.3 cm³/mol. The van der Waals surface area contributed by atoms with Crippen molar-refractivity contribution in [2.75, 3.05) is 0 Å².